The van der Waals surface area contributed by atoms with Crippen LogP contribution in [0.25, 0.3) is 11.1 Å². The SMILES string of the molecule is C=CCN(C)Cc1ccc(-c2ccc(C(=O)c3ccc(Cl)c(Cl)c3)cc2)cc1.Cl. The van der Waals surface area contributed by atoms with E-state index in [0.29, 0.717) is 21.2 Å². The molecule has 29 heavy (non-hydrogen) atoms. The number of likely N-dealkylation sites (N-methyl/N-ethyl adjacent to an activating group) is 1. The summed E-state index contributed by atoms with van der Waals surface area (Å²) in [5, 5.41) is 0.815. The highest BCUT2D eigenvalue weighted by Crippen LogP contribution is 2.25. The highest BCUT2D eigenvalue weighted by atomic mass is 35.5. The molecule has 0 aliphatic heterocycles. The number of hydrogen-bond donors (Lipinski definition) is 0. The van der Waals surface area contributed by atoms with Crippen molar-refractivity contribution in [3.05, 3.63) is 106 Å². The maximum Gasteiger partial charge on any atom is 0.193 e. The van der Waals surface area contributed by atoms with E-state index < -0.39 is 0 Å². The van der Waals surface area contributed by atoms with Crippen molar-refractivity contribution in [2.24, 2.45) is 0 Å². The van der Waals surface area contributed by atoms with Crippen LogP contribution < -0.4 is 0 Å². The molecule has 0 unspecified atom stereocenters. The van der Waals surface area contributed by atoms with Gasteiger partial charge in [0, 0.05) is 24.2 Å². The van der Waals surface area contributed by atoms with Crippen LogP contribution in [0.1, 0.15) is 21.5 Å². The molecular formula is C24H22Cl3NO. The average Bonchev–Trinajstić information content (AvgIpc) is 2.70. The first-order chi connectivity index (χ1) is 13.5. The minimum Gasteiger partial charge on any atom is -0.298 e. The van der Waals surface area contributed by atoms with Crippen LogP contribution in [0, 0.1) is 0 Å². The van der Waals surface area contributed by atoms with E-state index >= 15 is 0 Å². The van der Waals surface area contributed by atoms with Crippen molar-refractivity contribution >= 4 is 41.4 Å². The van der Waals surface area contributed by atoms with Crippen LogP contribution in [-0.2, 0) is 6.54 Å². The van der Waals surface area contributed by atoms with Crippen molar-refractivity contribution in [1.29, 1.82) is 0 Å². The van der Waals surface area contributed by atoms with Gasteiger partial charge in [-0.3, -0.25) is 9.69 Å². The minimum atomic E-state index is -0.0780. The molecule has 3 aromatic rings. The fourth-order valence-electron chi connectivity index (χ4n) is 3.02. The van der Waals surface area contributed by atoms with E-state index in [9.17, 15) is 4.79 Å². The number of halogens is 3. The highest BCUT2D eigenvalue weighted by molar-refractivity contribution is 6.42. The van der Waals surface area contributed by atoms with Gasteiger partial charge in [-0.15, -0.1) is 19.0 Å². The Labute approximate surface area is 188 Å². The van der Waals surface area contributed by atoms with Crippen LogP contribution in [-0.4, -0.2) is 24.3 Å². The maximum absolute atomic E-state index is 12.6. The number of hydrogen-bond acceptors (Lipinski definition) is 2. The second-order valence-corrected chi connectivity index (χ2v) is 7.53. The molecule has 3 rings (SSSR count). The van der Waals surface area contributed by atoms with Crippen molar-refractivity contribution in [1.82, 2.24) is 4.90 Å². The summed E-state index contributed by atoms with van der Waals surface area (Å²) in [6.07, 6.45) is 1.90. The molecule has 0 aliphatic carbocycles. The zero-order valence-corrected chi connectivity index (χ0v) is 18.4. The molecule has 0 amide bonds. The summed E-state index contributed by atoms with van der Waals surface area (Å²) < 4.78 is 0. The molecule has 0 heterocycles. The molecule has 0 aliphatic rings. The Morgan fingerprint density at radius 1 is 0.897 bits per heavy atom. The lowest BCUT2D eigenvalue weighted by Gasteiger charge is -2.14. The fraction of sp³-hybridized carbons (Fsp3) is 0.125. The summed E-state index contributed by atoms with van der Waals surface area (Å²) >= 11 is 11.9. The van der Waals surface area contributed by atoms with Crippen molar-refractivity contribution < 1.29 is 4.79 Å². The zero-order valence-electron chi connectivity index (χ0n) is 16.1. The third-order valence-corrected chi connectivity index (χ3v) is 5.25. The largest absolute Gasteiger partial charge is 0.298 e. The molecule has 0 fully saturated rings. The molecule has 0 N–H and O–H groups in total. The summed E-state index contributed by atoms with van der Waals surface area (Å²) in [4.78, 5) is 14.8. The first-order valence-electron chi connectivity index (χ1n) is 8.96. The lowest BCUT2D eigenvalue weighted by Crippen LogP contribution is -2.17. The van der Waals surface area contributed by atoms with Gasteiger partial charge < -0.3 is 0 Å². The molecule has 2 nitrogen and oxygen atoms in total. The summed E-state index contributed by atoms with van der Waals surface area (Å²) in [5.41, 5.74) is 4.57. The molecule has 150 valence electrons. The van der Waals surface area contributed by atoms with Gasteiger partial charge in [0.2, 0.25) is 0 Å². The van der Waals surface area contributed by atoms with E-state index in [1.807, 2.05) is 30.3 Å². The fourth-order valence-corrected chi connectivity index (χ4v) is 3.32. The van der Waals surface area contributed by atoms with E-state index in [0.717, 1.165) is 24.2 Å². The average molecular weight is 447 g/mol. The predicted octanol–water partition coefficient (Wildman–Crippen LogP) is 6.93. The second-order valence-electron chi connectivity index (χ2n) is 6.72. The number of rotatable bonds is 7. The zero-order chi connectivity index (χ0) is 20.1. The van der Waals surface area contributed by atoms with Gasteiger partial charge in [0.1, 0.15) is 0 Å². The molecule has 0 saturated carbocycles. The standard InChI is InChI=1S/C24H21Cl2NO.ClH/c1-3-14-27(2)16-17-4-6-18(7-5-17)19-8-10-20(11-9-19)24(28)21-12-13-22(25)23(26)15-21;/h3-13,15H,1,14,16H2,2H3;1H. The number of benzene rings is 3. The van der Waals surface area contributed by atoms with Crippen molar-refractivity contribution in [2.45, 2.75) is 6.54 Å². The molecular weight excluding hydrogens is 425 g/mol. The van der Waals surface area contributed by atoms with E-state index in [1.54, 1.807) is 18.2 Å². The van der Waals surface area contributed by atoms with Gasteiger partial charge in [-0.1, -0.05) is 77.8 Å². The number of nitrogens with zero attached hydrogens (tertiary/aromatic N) is 1. The topological polar surface area (TPSA) is 20.3 Å². The van der Waals surface area contributed by atoms with Gasteiger partial charge in [-0.2, -0.15) is 0 Å². The molecule has 0 aromatic heterocycles. The summed E-state index contributed by atoms with van der Waals surface area (Å²) in [6, 6.07) is 21.0. The normalized spacial score (nSPS) is 10.5. The second kappa shape index (κ2) is 10.6. The van der Waals surface area contributed by atoms with Crippen molar-refractivity contribution in [3.8, 4) is 11.1 Å². The van der Waals surface area contributed by atoms with Gasteiger partial charge in [-0.25, -0.2) is 0 Å². The Bertz CT molecular complexity index is 982. The van der Waals surface area contributed by atoms with Crippen LogP contribution in [0.2, 0.25) is 10.0 Å². The van der Waals surface area contributed by atoms with E-state index in [-0.39, 0.29) is 18.2 Å². The Morgan fingerprint density at radius 3 is 2.00 bits per heavy atom. The van der Waals surface area contributed by atoms with Crippen molar-refractivity contribution in [2.75, 3.05) is 13.6 Å². The third-order valence-electron chi connectivity index (χ3n) is 4.51. The maximum atomic E-state index is 12.6. The Morgan fingerprint density at radius 2 is 1.45 bits per heavy atom. The molecule has 0 atom stereocenters. The number of carbonyl (C=O) groups is 1. The molecule has 0 spiro atoms. The minimum absolute atomic E-state index is 0. The Hall–Kier alpha value is -2.10. The molecule has 3 aromatic carbocycles. The van der Waals surface area contributed by atoms with E-state index in [1.165, 1.54) is 5.56 Å². The summed E-state index contributed by atoms with van der Waals surface area (Å²) in [7, 11) is 2.07. The van der Waals surface area contributed by atoms with Gasteiger partial charge in [-0.05, 0) is 41.9 Å². The van der Waals surface area contributed by atoms with E-state index in [4.69, 9.17) is 23.2 Å². The quantitative estimate of drug-likeness (QED) is 0.290. The smallest absolute Gasteiger partial charge is 0.193 e. The van der Waals surface area contributed by atoms with Crippen LogP contribution in [0.4, 0.5) is 0 Å². The third kappa shape index (κ3) is 5.94. The Kier molecular flexibility index (Phi) is 8.48. The molecule has 0 radical (unpaired) electrons. The van der Waals surface area contributed by atoms with Crippen molar-refractivity contribution in [3.63, 3.8) is 0 Å². The van der Waals surface area contributed by atoms with Gasteiger partial charge in [0.25, 0.3) is 0 Å². The highest BCUT2D eigenvalue weighted by Gasteiger charge is 2.11. The van der Waals surface area contributed by atoms with E-state index in [2.05, 4.69) is 42.8 Å². The summed E-state index contributed by atoms with van der Waals surface area (Å²) in [5.74, 6) is -0.0780. The first kappa shape index (κ1) is 23.2. The van der Waals surface area contributed by atoms with Crippen LogP contribution >= 0.6 is 35.6 Å². The van der Waals surface area contributed by atoms with Gasteiger partial charge in [0.05, 0.1) is 10.0 Å². The van der Waals surface area contributed by atoms with Crippen LogP contribution in [0.15, 0.2) is 79.4 Å². The lowest BCUT2D eigenvalue weighted by molar-refractivity contribution is 0.103. The molecule has 0 saturated heterocycles. The van der Waals surface area contributed by atoms with Crippen LogP contribution in [0.5, 0.6) is 0 Å². The van der Waals surface area contributed by atoms with Gasteiger partial charge >= 0.3 is 0 Å². The Balaban J connectivity index is 0.00000300. The number of ketones is 1. The predicted molar refractivity (Wildman–Crippen MR) is 126 cm³/mol. The number of carbonyl (C=O) groups excluding carboxylic acids is 1. The first-order valence-corrected chi connectivity index (χ1v) is 9.72. The lowest BCUT2D eigenvalue weighted by atomic mass is 9.99. The molecule has 0 bridgehead atoms. The van der Waals surface area contributed by atoms with Gasteiger partial charge in [0.15, 0.2) is 5.78 Å². The summed E-state index contributed by atoms with van der Waals surface area (Å²) in [6.45, 7) is 5.50. The van der Waals surface area contributed by atoms with Crippen LogP contribution in [0.3, 0.4) is 0 Å². The monoisotopic (exact) mass is 445 g/mol. The molecule has 5 heteroatoms.